The molecule has 3 aromatic carbocycles. The van der Waals surface area contributed by atoms with Gasteiger partial charge in [-0.1, -0.05) is 34.8 Å². The molecule has 0 unspecified atom stereocenters. The Bertz CT molecular complexity index is 1310. The van der Waals surface area contributed by atoms with Crippen LogP contribution in [0, 0.1) is 0 Å². The van der Waals surface area contributed by atoms with Gasteiger partial charge in [-0.15, -0.1) is 0 Å². The van der Waals surface area contributed by atoms with E-state index < -0.39 is 39.6 Å². The highest BCUT2D eigenvalue weighted by Crippen LogP contribution is 2.30. The molecule has 1 amide bonds. The Labute approximate surface area is 211 Å². The largest absolute Gasteiger partial charge is 0.455 e. The lowest BCUT2D eigenvalue weighted by Gasteiger charge is -2.32. The topological polar surface area (TPSA) is 80.8 Å². The van der Waals surface area contributed by atoms with Crippen molar-refractivity contribution < 1.29 is 22.7 Å². The van der Waals surface area contributed by atoms with Crippen molar-refractivity contribution in [3.05, 3.63) is 99.0 Å². The van der Waals surface area contributed by atoms with Gasteiger partial charge in [0.2, 0.25) is 0 Å². The van der Waals surface area contributed by atoms with Gasteiger partial charge in [-0.2, -0.15) is 0 Å². The van der Waals surface area contributed by atoms with Crippen LogP contribution in [0.4, 0.5) is 5.69 Å². The Morgan fingerprint density at radius 2 is 1.21 bits per heavy atom. The molecule has 176 valence electrons. The SMILES string of the molecule is O=C(O[C@@H]1CS(=O)(=O)C[C@H]1N(C(=O)c1ccc(Cl)cc1)c1ccc(Cl)cc1)c1ccc(Cl)cc1. The Hall–Kier alpha value is -2.58. The van der Waals surface area contributed by atoms with Gasteiger partial charge in [-0.25, -0.2) is 13.2 Å². The summed E-state index contributed by atoms with van der Waals surface area (Å²) in [6, 6.07) is 17.7. The monoisotopic (exact) mass is 537 g/mol. The minimum absolute atomic E-state index is 0.217. The van der Waals surface area contributed by atoms with Gasteiger partial charge < -0.3 is 9.64 Å². The number of nitrogens with zero attached hydrogens (tertiary/aromatic N) is 1. The second-order valence-electron chi connectivity index (χ2n) is 7.75. The van der Waals surface area contributed by atoms with Crippen LogP contribution in [-0.2, 0) is 14.6 Å². The third-order valence-electron chi connectivity index (χ3n) is 5.36. The van der Waals surface area contributed by atoms with Gasteiger partial charge in [0, 0.05) is 26.3 Å². The van der Waals surface area contributed by atoms with Crippen molar-refractivity contribution in [2.75, 3.05) is 16.4 Å². The molecule has 2 atom stereocenters. The maximum absolute atomic E-state index is 13.6. The molecule has 0 bridgehead atoms. The molecule has 1 fully saturated rings. The second kappa shape index (κ2) is 9.96. The summed E-state index contributed by atoms with van der Waals surface area (Å²) in [7, 11) is -3.60. The highest BCUT2D eigenvalue weighted by Gasteiger charge is 2.46. The van der Waals surface area contributed by atoms with Crippen LogP contribution in [0.2, 0.25) is 15.1 Å². The number of anilines is 1. The van der Waals surface area contributed by atoms with Gasteiger partial charge in [0.05, 0.1) is 23.1 Å². The summed E-state index contributed by atoms with van der Waals surface area (Å²) in [5.74, 6) is -1.95. The van der Waals surface area contributed by atoms with Crippen LogP contribution < -0.4 is 4.90 Å². The average molecular weight is 539 g/mol. The number of ether oxygens (including phenoxy) is 1. The summed E-state index contributed by atoms with van der Waals surface area (Å²) in [6.07, 6.45) is -1.08. The van der Waals surface area contributed by atoms with Crippen molar-refractivity contribution in [3.63, 3.8) is 0 Å². The molecule has 0 radical (unpaired) electrons. The van der Waals surface area contributed by atoms with E-state index in [1.807, 2.05) is 0 Å². The van der Waals surface area contributed by atoms with Crippen LogP contribution in [0.15, 0.2) is 72.8 Å². The molecule has 0 aromatic heterocycles. The fourth-order valence-corrected chi connectivity index (χ4v) is 5.92. The van der Waals surface area contributed by atoms with Crippen LogP contribution in [0.3, 0.4) is 0 Å². The summed E-state index contributed by atoms with van der Waals surface area (Å²) in [4.78, 5) is 27.7. The molecule has 1 aliphatic heterocycles. The van der Waals surface area contributed by atoms with Crippen molar-refractivity contribution in [2.45, 2.75) is 12.1 Å². The molecule has 1 aliphatic rings. The first-order valence-corrected chi connectivity index (χ1v) is 13.1. The van der Waals surface area contributed by atoms with Crippen molar-refractivity contribution in [2.24, 2.45) is 0 Å². The van der Waals surface area contributed by atoms with E-state index >= 15 is 0 Å². The van der Waals surface area contributed by atoms with Crippen LogP contribution >= 0.6 is 34.8 Å². The van der Waals surface area contributed by atoms with Crippen LogP contribution in [0.25, 0.3) is 0 Å². The highest BCUT2D eigenvalue weighted by atomic mass is 35.5. The Kier molecular flexibility index (Phi) is 7.19. The van der Waals surface area contributed by atoms with Crippen LogP contribution in [0.1, 0.15) is 20.7 Å². The van der Waals surface area contributed by atoms with Crippen molar-refractivity contribution in [3.8, 4) is 0 Å². The van der Waals surface area contributed by atoms with E-state index in [1.165, 1.54) is 29.2 Å². The average Bonchev–Trinajstić information content (AvgIpc) is 3.09. The Morgan fingerprint density at radius 1 is 0.735 bits per heavy atom. The summed E-state index contributed by atoms with van der Waals surface area (Å²) in [6.45, 7) is 0. The van der Waals surface area contributed by atoms with E-state index in [0.717, 1.165) is 0 Å². The predicted molar refractivity (Wildman–Crippen MR) is 133 cm³/mol. The summed E-state index contributed by atoms with van der Waals surface area (Å²) in [5.41, 5.74) is 0.930. The van der Waals surface area contributed by atoms with Crippen LogP contribution in [0.5, 0.6) is 0 Å². The highest BCUT2D eigenvalue weighted by molar-refractivity contribution is 7.91. The number of halogens is 3. The zero-order chi connectivity index (χ0) is 24.5. The summed E-state index contributed by atoms with van der Waals surface area (Å²) >= 11 is 17.9. The van der Waals surface area contributed by atoms with E-state index in [9.17, 15) is 18.0 Å². The molecular formula is C24H18Cl3NO5S. The first-order chi connectivity index (χ1) is 16.1. The van der Waals surface area contributed by atoms with E-state index in [1.54, 1.807) is 48.5 Å². The molecule has 34 heavy (non-hydrogen) atoms. The smallest absolute Gasteiger partial charge is 0.338 e. The Morgan fingerprint density at radius 3 is 1.74 bits per heavy atom. The molecule has 6 nitrogen and oxygen atoms in total. The molecule has 0 aliphatic carbocycles. The molecule has 0 spiro atoms. The number of hydrogen-bond acceptors (Lipinski definition) is 5. The number of amides is 1. The number of benzene rings is 3. The van der Waals surface area contributed by atoms with Gasteiger partial charge in [-0.3, -0.25) is 4.79 Å². The van der Waals surface area contributed by atoms with Gasteiger partial charge >= 0.3 is 5.97 Å². The number of rotatable bonds is 5. The molecule has 1 heterocycles. The van der Waals surface area contributed by atoms with E-state index in [2.05, 4.69) is 0 Å². The van der Waals surface area contributed by atoms with Crippen molar-refractivity contribution in [1.82, 2.24) is 0 Å². The Balaban J connectivity index is 1.72. The summed E-state index contributed by atoms with van der Waals surface area (Å²) in [5, 5.41) is 1.35. The number of sulfone groups is 1. The van der Waals surface area contributed by atoms with E-state index in [0.29, 0.717) is 26.3 Å². The molecule has 10 heteroatoms. The van der Waals surface area contributed by atoms with E-state index in [-0.39, 0.29) is 11.3 Å². The fourth-order valence-electron chi connectivity index (χ4n) is 3.73. The maximum Gasteiger partial charge on any atom is 0.338 e. The zero-order valence-electron chi connectivity index (χ0n) is 17.5. The van der Waals surface area contributed by atoms with E-state index in [4.69, 9.17) is 39.5 Å². The number of esters is 1. The number of hydrogen-bond donors (Lipinski definition) is 0. The fraction of sp³-hybridized carbons (Fsp3) is 0.167. The second-order valence-corrected chi connectivity index (χ2v) is 11.2. The maximum atomic E-state index is 13.6. The third kappa shape index (κ3) is 5.55. The normalized spacial score (nSPS) is 18.9. The van der Waals surface area contributed by atoms with Crippen molar-refractivity contribution in [1.29, 1.82) is 0 Å². The number of carbonyl (C=O) groups excluding carboxylic acids is 2. The molecule has 1 saturated heterocycles. The lowest BCUT2D eigenvalue weighted by molar-refractivity contribution is 0.0314. The molecule has 0 N–H and O–H groups in total. The minimum atomic E-state index is -3.60. The molecule has 0 saturated carbocycles. The van der Waals surface area contributed by atoms with Gasteiger partial charge in [-0.05, 0) is 72.8 Å². The molecular weight excluding hydrogens is 521 g/mol. The lowest BCUT2D eigenvalue weighted by atomic mass is 10.1. The number of carbonyl (C=O) groups is 2. The van der Waals surface area contributed by atoms with Gasteiger partial charge in [0.1, 0.15) is 6.10 Å². The standard InChI is InChI=1S/C24H18Cl3NO5S/c25-17-5-1-15(2-6-17)23(29)28(20-11-9-19(27)10-12-20)21-13-34(31,32)14-22(21)33-24(30)16-3-7-18(26)8-4-16/h1-12,21-22H,13-14H2/t21-,22-/m1/s1. The first-order valence-electron chi connectivity index (χ1n) is 10.1. The van der Waals surface area contributed by atoms with Gasteiger partial charge in [0.25, 0.3) is 5.91 Å². The summed E-state index contributed by atoms with van der Waals surface area (Å²) < 4.78 is 30.9. The minimum Gasteiger partial charge on any atom is -0.455 e. The quantitative estimate of drug-likeness (QED) is 0.411. The molecule has 3 aromatic rings. The zero-order valence-corrected chi connectivity index (χ0v) is 20.6. The van der Waals surface area contributed by atoms with Gasteiger partial charge in [0.15, 0.2) is 9.84 Å². The lowest BCUT2D eigenvalue weighted by Crippen LogP contribution is -2.48. The van der Waals surface area contributed by atoms with Crippen LogP contribution in [-0.4, -0.2) is 43.9 Å². The predicted octanol–water partition coefficient (Wildman–Crippen LogP) is 5.32. The third-order valence-corrected chi connectivity index (χ3v) is 7.80. The first kappa shape index (κ1) is 24.5. The van der Waals surface area contributed by atoms with Crippen molar-refractivity contribution >= 4 is 62.2 Å². The molecule has 4 rings (SSSR count).